The molecule has 0 radical (unpaired) electrons. The highest BCUT2D eigenvalue weighted by Crippen LogP contribution is 2.13. The molecule has 12 nitrogen and oxygen atoms in total. The molecule has 0 fully saturated rings. The van der Waals surface area contributed by atoms with Gasteiger partial charge in [0.1, 0.15) is 18.7 Å². The highest BCUT2D eigenvalue weighted by molar-refractivity contribution is 9.12. The van der Waals surface area contributed by atoms with Gasteiger partial charge >= 0.3 is 6.09 Å². The van der Waals surface area contributed by atoms with E-state index in [0.29, 0.717) is 17.3 Å². The standard InChI is InChI=1S/C34H48BrN7O5/c1-22(2)18-28(32(45)41-29(23(3)4)20-39-30(43)26(35)19-24-12-7-5-8-13-24)40-31(44)27(16-11-17-38-33(36)37)42-34(46)47-21-25-14-9-6-10-15-25/h5-10,12-15,19,22-23,27-29H,11,16-18,20-21H2,1-4H3,(H,39,43)(H,40,44)(H,41,45)(H,42,46)(H4,36,37,38)/t27-,28-,29+/m0/s1. The SMILES string of the molecule is CC(C)C[C@H](NC(=O)[C@H](CCCN=C(N)N)NC(=O)OCc1ccccc1)C(=O)N[C@H](CNC(=O)C(Br)=Cc1ccccc1)C(C)C. The van der Waals surface area contributed by atoms with E-state index < -0.39 is 36.0 Å². The van der Waals surface area contributed by atoms with Gasteiger partial charge in [-0.25, -0.2) is 4.79 Å². The third-order valence-corrected chi connectivity index (χ3v) is 7.62. The van der Waals surface area contributed by atoms with Gasteiger partial charge < -0.3 is 37.5 Å². The zero-order valence-electron chi connectivity index (χ0n) is 27.5. The molecule has 4 amide bonds. The predicted octanol–water partition coefficient (Wildman–Crippen LogP) is 3.56. The normalized spacial score (nSPS) is 13.2. The van der Waals surface area contributed by atoms with Crippen molar-refractivity contribution in [2.24, 2.45) is 28.3 Å². The number of nitrogens with zero attached hydrogens (tertiary/aromatic N) is 1. The molecule has 0 aliphatic carbocycles. The lowest BCUT2D eigenvalue weighted by atomic mass is 9.99. The Bertz CT molecular complexity index is 1350. The monoisotopic (exact) mass is 713 g/mol. The van der Waals surface area contributed by atoms with Crippen molar-refractivity contribution in [2.45, 2.75) is 71.7 Å². The van der Waals surface area contributed by atoms with Crippen LogP contribution in [-0.4, -0.2) is 61.0 Å². The molecular formula is C34H48BrN7O5. The first kappa shape index (κ1) is 38.8. The maximum absolute atomic E-state index is 13.6. The molecule has 0 spiro atoms. The maximum Gasteiger partial charge on any atom is 0.408 e. The van der Waals surface area contributed by atoms with Crippen LogP contribution < -0.4 is 32.7 Å². The summed E-state index contributed by atoms with van der Waals surface area (Å²) in [5.41, 5.74) is 12.5. The number of halogens is 1. The second kappa shape index (κ2) is 20.7. The third-order valence-electron chi connectivity index (χ3n) is 7.03. The number of alkyl carbamates (subject to hydrolysis) is 1. The molecule has 0 saturated carbocycles. The van der Waals surface area contributed by atoms with Gasteiger partial charge in [-0.05, 0) is 64.2 Å². The number of ether oxygens (including phenoxy) is 1. The summed E-state index contributed by atoms with van der Waals surface area (Å²) in [6.45, 7) is 8.19. The zero-order valence-corrected chi connectivity index (χ0v) is 29.1. The third kappa shape index (κ3) is 15.6. The quantitative estimate of drug-likeness (QED) is 0.0589. The molecule has 0 aliphatic rings. The molecule has 3 atom stereocenters. The molecule has 13 heteroatoms. The summed E-state index contributed by atoms with van der Waals surface area (Å²) >= 11 is 3.33. The summed E-state index contributed by atoms with van der Waals surface area (Å²) in [5, 5.41) is 11.3. The van der Waals surface area contributed by atoms with Crippen LogP contribution >= 0.6 is 15.9 Å². The second-order valence-corrected chi connectivity index (χ2v) is 12.7. The van der Waals surface area contributed by atoms with Gasteiger partial charge in [0.2, 0.25) is 11.8 Å². The van der Waals surface area contributed by atoms with Gasteiger partial charge in [0.15, 0.2) is 5.96 Å². The number of hydrogen-bond donors (Lipinski definition) is 6. The number of nitrogens with one attached hydrogen (secondary N) is 4. The average Bonchev–Trinajstić information content (AvgIpc) is 3.03. The fraction of sp³-hybridized carbons (Fsp3) is 0.441. The van der Waals surface area contributed by atoms with E-state index in [1.807, 2.05) is 88.4 Å². The fourth-order valence-electron chi connectivity index (χ4n) is 4.44. The molecule has 2 aromatic rings. The molecule has 8 N–H and O–H groups in total. The summed E-state index contributed by atoms with van der Waals surface area (Å²) in [5.74, 6) is -1.32. The van der Waals surface area contributed by atoms with Crippen LogP contribution in [0.3, 0.4) is 0 Å². The molecule has 0 aromatic heterocycles. The lowest BCUT2D eigenvalue weighted by Crippen LogP contribution is -2.57. The number of guanidine groups is 1. The number of aliphatic imine (C=N–C) groups is 1. The predicted molar refractivity (Wildman–Crippen MR) is 188 cm³/mol. The van der Waals surface area contributed by atoms with E-state index in [0.717, 1.165) is 11.1 Å². The molecular weight excluding hydrogens is 666 g/mol. The number of carbonyl (C=O) groups is 4. The van der Waals surface area contributed by atoms with Gasteiger partial charge in [0.25, 0.3) is 5.91 Å². The van der Waals surface area contributed by atoms with E-state index in [9.17, 15) is 19.2 Å². The molecule has 0 aliphatic heterocycles. The minimum atomic E-state index is -1.01. The average molecular weight is 715 g/mol. The molecule has 0 saturated heterocycles. The van der Waals surface area contributed by atoms with Crippen LogP contribution in [0.4, 0.5) is 4.79 Å². The minimum Gasteiger partial charge on any atom is -0.445 e. The van der Waals surface area contributed by atoms with Crippen molar-refractivity contribution in [1.29, 1.82) is 0 Å². The largest absolute Gasteiger partial charge is 0.445 e. The lowest BCUT2D eigenvalue weighted by Gasteiger charge is -2.28. The van der Waals surface area contributed by atoms with E-state index >= 15 is 0 Å². The van der Waals surface area contributed by atoms with E-state index in [1.54, 1.807) is 6.08 Å². The van der Waals surface area contributed by atoms with E-state index in [1.165, 1.54) is 0 Å². The Kier molecular flexibility index (Phi) is 17.1. The molecule has 2 rings (SSSR count). The Morgan fingerprint density at radius 1 is 0.872 bits per heavy atom. The van der Waals surface area contributed by atoms with Gasteiger partial charge in [0, 0.05) is 19.1 Å². The molecule has 0 unspecified atom stereocenters. The second-order valence-electron chi connectivity index (χ2n) is 11.9. The van der Waals surface area contributed by atoms with Gasteiger partial charge in [-0.3, -0.25) is 19.4 Å². The summed E-state index contributed by atoms with van der Waals surface area (Å²) in [7, 11) is 0. The first-order valence-electron chi connectivity index (χ1n) is 15.7. The number of carbonyl (C=O) groups excluding carboxylic acids is 4. The fourth-order valence-corrected chi connectivity index (χ4v) is 4.84. The van der Waals surface area contributed by atoms with Crippen molar-refractivity contribution < 1.29 is 23.9 Å². The van der Waals surface area contributed by atoms with Crippen molar-refractivity contribution in [1.82, 2.24) is 21.3 Å². The summed E-state index contributed by atoms with van der Waals surface area (Å²) < 4.78 is 5.68. The Morgan fingerprint density at radius 3 is 2.09 bits per heavy atom. The van der Waals surface area contributed by atoms with Gasteiger partial charge in [0.05, 0.1) is 4.48 Å². The minimum absolute atomic E-state index is 0.0269. The smallest absolute Gasteiger partial charge is 0.408 e. The Hall–Kier alpha value is -4.39. The first-order valence-corrected chi connectivity index (χ1v) is 16.5. The topological polar surface area (TPSA) is 190 Å². The van der Waals surface area contributed by atoms with Crippen LogP contribution in [0.25, 0.3) is 6.08 Å². The van der Waals surface area contributed by atoms with Crippen LogP contribution in [0.5, 0.6) is 0 Å². The van der Waals surface area contributed by atoms with E-state index in [2.05, 4.69) is 42.2 Å². The van der Waals surface area contributed by atoms with E-state index in [4.69, 9.17) is 16.2 Å². The summed E-state index contributed by atoms with van der Waals surface area (Å²) in [6, 6.07) is 16.2. The molecule has 256 valence electrons. The lowest BCUT2D eigenvalue weighted by molar-refractivity contribution is -0.131. The number of amides is 4. The number of rotatable bonds is 18. The van der Waals surface area contributed by atoms with Crippen molar-refractivity contribution in [3.05, 3.63) is 76.3 Å². The van der Waals surface area contributed by atoms with Crippen LogP contribution in [0.15, 0.2) is 70.1 Å². The Balaban J connectivity index is 2.09. The summed E-state index contributed by atoms with van der Waals surface area (Å²) in [4.78, 5) is 56.5. The highest BCUT2D eigenvalue weighted by Gasteiger charge is 2.29. The van der Waals surface area contributed by atoms with Crippen LogP contribution in [0.2, 0.25) is 0 Å². The van der Waals surface area contributed by atoms with Crippen molar-refractivity contribution in [3.63, 3.8) is 0 Å². The molecule has 0 heterocycles. The Labute approximate surface area is 285 Å². The number of nitrogens with two attached hydrogens (primary N) is 2. The first-order chi connectivity index (χ1) is 22.3. The summed E-state index contributed by atoms with van der Waals surface area (Å²) in [6.07, 6.45) is 1.87. The van der Waals surface area contributed by atoms with Crippen molar-refractivity contribution in [3.8, 4) is 0 Å². The van der Waals surface area contributed by atoms with Gasteiger partial charge in [-0.1, -0.05) is 88.4 Å². The van der Waals surface area contributed by atoms with Crippen LogP contribution in [-0.2, 0) is 25.7 Å². The molecule has 2 aromatic carbocycles. The van der Waals surface area contributed by atoms with Crippen molar-refractivity contribution >= 4 is 51.8 Å². The molecule has 0 bridgehead atoms. The van der Waals surface area contributed by atoms with Gasteiger partial charge in [-0.2, -0.15) is 0 Å². The number of benzene rings is 2. The van der Waals surface area contributed by atoms with E-state index in [-0.39, 0.29) is 49.8 Å². The highest BCUT2D eigenvalue weighted by atomic mass is 79.9. The van der Waals surface area contributed by atoms with Crippen LogP contribution in [0, 0.1) is 11.8 Å². The zero-order chi connectivity index (χ0) is 34.8. The Morgan fingerprint density at radius 2 is 1.49 bits per heavy atom. The molecule has 47 heavy (non-hydrogen) atoms. The van der Waals surface area contributed by atoms with Crippen molar-refractivity contribution in [2.75, 3.05) is 13.1 Å². The number of hydrogen-bond acceptors (Lipinski definition) is 6. The van der Waals surface area contributed by atoms with Crippen LogP contribution in [0.1, 0.15) is 58.1 Å². The van der Waals surface area contributed by atoms with Gasteiger partial charge in [-0.15, -0.1) is 0 Å². The maximum atomic E-state index is 13.6.